The highest BCUT2D eigenvalue weighted by Crippen LogP contribution is 2.35. The Labute approximate surface area is 154 Å². The van der Waals surface area contributed by atoms with Crippen LogP contribution in [0.1, 0.15) is 5.56 Å². The number of methoxy groups -OCH3 is 1. The van der Waals surface area contributed by atoms with Gasteiger partial charge in [-0.05, 0) is 29.8 Å². The van der Waals surface area contributed by atoms with Crippen molar-refractivity contribution in [2.24, 2.45) is 0 Å². The molecule has 3 rings (SSSR count). The second-order valence-corrected chi connectivity index (χ2v) is 7.97. The van der Waals surface area contributed by atoms with Gasteiger partial charge in [-0.15, -0.1) is 0 Å². The maximum absolute atomic E-state index is 12.4. The van der Waals surface area contributed by atoms with Gasteiger partial charge in [0.05, 0.1) is 7.11 Å². The van der Waals surface area contributed by atoms with Crippen molar-refractivity contribution in [3.8, 4) is 11.5 Å². The number of fused-ring (bicyclic) bond motifs is 1. The predicted molar refractivity (Wildman–Crippen MR) is 97.9 cm³/mol. The van der Waals surface area contributed by atoms with Crippen LogP contribution in [0.4, 0.5) is 0 Å². The molecule has 0 spiro atoms. The van der Waals surface area contributed by atoms with Crippen LogP contribution in [0.25, 0.3) is 11.0 Å². The molecule has 0 fully saturated rings. The Morgan fingerprint density at radius 2 is 1.92 bits per heavy atom. The smallest absolute Gasteiger partial charge is 0.222 e. The number of benzene rings is 2. The van der Waals surface area contributed by atoms with Crippen LogP contribution >= 0.6 is 11.6 Å². The van der Waals surface area contributed by atoms with Crippen molar-refractivity contribution in [1.29, 1.82) is 0 Å². The second kappa shape index (κ2) is 7.01. The molecule has 0 saturated carbocycles. The van der Waals surface area contributed by atoms with Crippen LogP contribution in [-0.2, 0) is 16.4 Å². The lowest BCUT2D eigenvalue weighted by Gasteiger charge is -2.13. The highest BCUT2D eigenvalue weighted by molar-refractivity contribution is 7.90. The highest BCUT2D eigenvalue weighted by atomic mass is 35.5. The molecular weight excluding hydrogens is 380 g/mol. The van der Waals surface area contributed by atoms with E-state index in [0.29, 0.717) is 10.8 Å². The lowest BCUT2D eigenvalue weighted by atomic mass is 10.2. The zero-order chi connectivity index (χ0) is 18.9. The van der Waals surface area contributed by atoms with E-state index in [1.807, 2.05) is 6.07 Å². The van der Waals surface area contributed by atoms with Crippen LogP contribution in [0.5, 0.6) is 11.5 Å². The molecule has 0 saturated heterocycles. The van der Waals surface area contributed by atoms with Gasteiger partial charge in [0.25, 0.3) is 0 Å². The van der Waals surface area contributed by atoms with Gasteiger partial charge in [0.2, 0.25) is 14.9 Å². The first kappa shape index (κ1) is 18.3. The minimum Gasteiger partial charge on any atom is -0.492 e. The normalized spacial score (nSPS) is 11.5. The fourth-order valence-electron chi connectivity index (χ4n) is 2.47. The Bertz CT molecular complexity index is 1130. The lowest BCUT2D eigenvalue weighted by molar-refractivity contribution is 0.285. The summed E-state index contributed by atoms with van der Waals surface area (Å²) in [4.78, 5) is 12.4. The molecule has 0 amide bonds. The van der Waals surface area contributed by atoms with Gasteiger partial charge in [-0.1, -0.05) is 23.7 Å². The molecule has 0 N–H and O–H groups in total. The lowest BCUT2D eigenvalue weighted by Crippen LogP contribution is -2.08. The largest absolute Gasteiger partial charge is 0.492 e. The fourth-order valence-corrected chi connectivity index (χ4v) is 3.24. The van der Waals surface area contributed by atoms with Gasteiger partial charge in [-0.3, -0.25) is 4.79 Å². The van der Waals surface area contributed by atoms with Gasteiger partial charge in [0, 0.05) is 17.3 Å². The molecule has 26 heavy (non-hydrogen) atoms. The summed E-state index contributed by atoms with van der Waals surface area (Å²) in [6.45, 7) is 0.217. The molecule has 0 atom stereocenters. The number of halogens is 1. The molecule has 0 aliphatic heterocycles. The van der Waals surface area contributed by atoms with Gasteiger partial charge < -0.3 is 13.9 Å². The molecule has 0 unspecified atom stereocenters. The summed E-state index contributed by atoms with van der Waals surface area (Å²) >= 11 is 5.95. The molecular formula is C18H15ClO6S. The Morgan fingerprint density at radius 1 is 1.15 bits per heavy atom. The van der Waals surface area contributed by atoms with Crippen LogP contribution < -0.4 is 14.9 Å². The van der Waals surface area contributed by atoms with Gasteiger partial charge in [0.15, 0.2) is 16.9 Å². The molecule has 0 aliphatic carbocycles. The van der Waals surface area contributed by atoms with Crippen LogP contribution in [0.3, 0.4) is 0 Å². The average Bonchev–Trinajstić information content (AvgIpc) is 2.58. The van der Waals surface area contributed by atoms with Crippen molar-refractivity contribution < 1.29 is 22.3 Å². The minimum atomic E-state index is -3.65. The third kappa shape index (κ3) is 3.68. The Kier molecular flexibility index (Phi) is 4.93. The van der Waals surface area contributed by atoms with E-state index < -0.39 is 20.4 Å². The maximum Gasteiger partial charge on any atom is 0.222 e. The molecule has 1 heterocycles. The van der Waals surface area contributed by atoms with Gasteiger partial charge in [-0.25, -0.2) is 8.42 Å². The van der Waals surface area contributed by atoms with Crippen molar-refractivity contribution in [1.82, 2.24) is 0 Å². The summed E-state index contributed by atoms with van der Waals surface area (Å²) in [5.41, 5.74) is 0.417. The summed E-state index contributed by atoms with van der Waals surface area (Å²) in [5.74, 6) is 0.512. The van der Waals surface area contributed by atoms with E-state index in [1.165, 1.54) is 13.2 Å². The summed E-state index contributed by atoms with van der Waals surface area (Å²) in [6, 6.07) is 11.1. The summed E-state index contributed by atoms with van der Waals surface area (Å²) in [7, 11) is -2.25. The molecule has 0 radical (unpaired) electrons. The second-order valence-electron chi connectivity index (χ2n) is 5.59. The van der Waals surface area contributed by atoms with Crippen molar-refractivity contribution >= 4 is 32.4 Å². The first-order chi connectivity index (χ1) is 12.3. The molecule has 0 aliphatic rings. The van der Waals surface area contributed by atoms with Crippen LogP contribution in [0.2, 0.25) is 5.02 Å². The number of sulfone groups is 1. The maximum atomic E-state index is 12.4. The summed E-state index contributed by atoms with van der Waals surface area (Å²) in [5, 5.41) is 0.304. The van der Waals surface area contributed by atoms with E-state index in [1.54, 1.807) is 24.3 Å². The molecule has 6 nitrogen and oxygen atoms in total. The molecule has 0 bridgehead atoms. The standard InChI is InChI=1S/C18H15ClO6S/c1-23-18-15(24-10-11-4-3-5-12(19)8-11)7-6-14-17(18)13(20)9-16(25-14)26(2,21)22/h3-9H,10H2,1-2H3. The van der Waals surface area contributed by atoms with Crippen LogP contribution in [0, 0.1) is 0 Å². The Balaban J connectivity index is 2.05. The number of hydrogen-bond acceptors (Lipinski definition) is 6. The van der Waals surface area contributed by atoms with Gasteiger partial charge in [0.1, 0.15) is 17.6 Å². The molecule has 3 aromatic rings. The SMILES string of the molecule is COc1c(OCc2cccc(Cl)c2)ccc2oc(S(C)(=O)=O)cc(=O)c12. The molecule has 8 heteroatoms. The van der Waals surface area contributed by atoms with Crippen molar-refractivity contribution in [2.45, 2.75) is 11.7 Å². The highest BCUT2D eigenvalue weighted by Gasteiger charge is 2.19. The first-order valence-corrected chi connectivity index (χ1v) is 9.78. The van der Waals surface area contributed by atoms with Crippen LogP contribution in [-0.4, -0.2) is 21.8 Å². The van der Waals surface area contributed by atoms with E-state index in [4.69, 9.17) is 25.5 Å². The van der Waals surface area contributed by atoms with E-state index >= 15 is 0 Å². The number of ether oxygens (including phenoxy) is 2. The molecule has 2 aromatic carbocycles. The molecule has 136 valence electrons. The van der Waals surface area contributed by atoms with E-state index in [0.717, 1.165) is 17.9 Å². The minimum absolute atomic E-state index is 0.102. The summed E-state index contributed by atoms with van der Waals surface area (Å²) < 4.78 is 39.7. The Hall–Kier alpha value is -2.51. The van der Waals surface area contributed by atoms with Crippen molar-refractivity contribution in [3.63, 3.8) is 0 Å². The molecule has 1 aromatic heterocycles. The van der Waals surface area contributed by atoms with Crippen molar-refractivity contribution in [3.05, 3.63) is 63.3 Å². The Morgan fingerprint density at radius 3 is 2.58 bits per heavy atom. The van der Waals surface area contributed by atoms with E-state index in [9.17, 15) is 13.2 Å². The zero-order valence-electron chi connectivity index (χ0n) is 14.0. The van der Waals surface area contributed by atoms with Gasteiger partial charge in [-0.2, -0.15) is 0 Å². The fraction of sp³-hybridized carbons (Fsp3) is 0.167. The average molecular weight is 395 g/mol. The van der Waals surface area contributed by atoms with Crippen molar-refractivity contribution in [2.75, 3.05) is 13.4 Å². The topological polar surface area (TPSA) is 82.8 Å². The quantitative estimate of drug-likeness (QED) is 0.659. The van der Waals surface area contributed by atoms with Crippen LogP contribution in [0.15, 0.2) is 56.8 Å². The first-order valence-electron chi connectivity index (χ1n) is 7.52. The van der Waals surface area contributed by atoms with E-state index in [-0.39, 0.29) is 23.3 Å². The summed E-state index contributed by atoms with van der Waals surface area (Å²) in [6.07, 6.45) is 0.969. The third-order valence-electron chi connectivity index (χ3n) is 3.64. The predicted octanol–water partition coefficient (Wildman–Crippen LogP) is 3.44. The number of hydrogen-bond donors (Lipinski definition) is 0. The third-order valence-corrected chi connectivity index (χ3v) is 4.81. The zero-order valence-corrected chi connectivity index (χ0v) is 15.6. The van der Waals surface area contributed by atoms with Gasteiger partial charge >= 0.3 is 0 Å². The monoisotopic (exact) mass is 394 g/mol. The number of rotatable bonds is 5. The van der Waals surface area contributed by atoms with E-state index in [2.05, 4.69) is 0 Å².